The van der Waals surface area contributed by atoms with E-state index in [0.29, 0.717) is 12.5 Å². The highest BCUT2D eigenvalue weighted by atomic mass is 32.2. The molecule has 0 aromatic carbocycles. The molecule has 2 atom stereocenters. The normalized spacial score (nSPS) is 25.2. The number of methoxy groups -OCH3 is 1. The van der Waals surface area contributed by atoms with Gasteiger partial charge < -0.3 is 10.5 Å². The predicted octanol–water partition coefficient (Wildman–Crippen LogP) is 0.877. The Bertz CT molecular complexity index is 169. The highest BCUT2D eigenvalue weighted by molar-refractivity contribution is 7.99. The fourth-order valence-corrected chi connectivity index (χ4v) is 2.95. The van der Waals surface area contributed by atoms with Crippen molar-refractivity contribution in [1.82, 2.24) is 0 Å². The van der Waals surface area contributed by atoms with Crippen molar-refractivity contribution < 1.29 is 9.53 Å². The van der Waals surface area contributed by atoms with Crippen LogP contribution in [0.3, 0.4) is 0 Å². The molecular weight excluding hydrogens is 186 g/mol. The van der Waals surface area contributed by atoms with Crippen molar-refractivity contribution in [2.75, 3.05) is 25.2 Å². The summed E-state index contributed by atoms with van der Waals surface area (Å²) in [6.45, 7) is 0.415. The molecule has 0 aromatic heterocycles. The van der Waals surface area contributed by atoms with Gasteiger partial charge in [0.1, 0.15) is 0 Å². The van der Waals surface area contributed by atoms with E-state index < -0.39 is 0 Å². The minimum Gasteiger partial charge on any atom is -0.469 e. The number of thioether (sulfide) groups is 1. The molecule has 1 saturated heterocycles. The number of rotatable bonds is 3. The van der Waals surface area contributed by atoms with Gasteiger partial charge in [-0.2, -0.15) is 11.8 Å². The lowest BCUT2D eigenvalue weighted by Gasteiger charge is -2.26. The van der Waals surface area contributed by atoms with Gasteiger partial charge >= 0.3 is 5.97 Å². The Hall–Kier alpha value is -0.220. The van der Waals surface area contributed by atoms with Gasteiger partial charge in [-0.1, -0.05) is 0 Å². The summed E-state index contributed by atoms with van der Waals surface area (Å²) in [6, 6.07) is 0. The molecule has 1 rings (SSSR count). The molecule has 76 valence electrons. The fourth-order valence-electron chi connectivity index (χ4n) is 1.72. The van der Waals surface area contributed by atoms with Crippen molar-refractivity contribution in [3.05, 3.63) is 0 Å². The second-order valence-electron chi connectivity index (χ2n) is 3.34. The van der Waals surface area contributed by atoms with Crippen molar-refractivity contribution in [3.8, 4) is 0 Å². The Kier molecular flexibility index (Phi) is 4.59. The van der Waals surface area contributed by atoms with E-state index in [2.05, 4.69) is 0 Å². The number of nitrogens with two attached hydrogens (primary N) is 1. The molecule has 0 spiro atoms. The first kappa shape index (κ1) is 10.9. The van der Waals surface area contributed by atoms with Gasteiger partial charge in [-0.3, -0.25) is 4.79 Å². The van der Waals surface area contributed by atoms with Crippen LogP contribution < -0.4 is 5.73 Å². The van der Waals surface area contributed by atoms with E-state index >= 15 is 0 Å². The van der Waals surface area contributed by atoms with Crippen molar-refractivity contribution in [3.63, 3.8) is 0 Å². The van der Waals surface area contributed by atoms with Crippen LogP contribution in [-0.2, 0) is 9.53 Å². The summed E-state index contributed by atoms with van der Waals surface area (Å²) in [7, 11) is 1.43. The highest BCUT2D eigenvalue weighted by Gasteiger charge is 2.29. The van der Waals surface area contributed by atoms with E-state index in [-0.39, 0.29) is 11.9 Å². The quantitative estimate of drug-likeness (QED) is 0.692. The molecule has 0 saturated carbocycles. The summed E-state index contributed by atoms with van der Waals surface area (Å²) >= 11 is 1.91. The third-order valence-corrected chi connectivity index (χ3v) is 3.76. The summed E-state index contributed by atoms with van der Waals surface area (Å²) in [5.41, 5.74) is 5.57. The van der Waals surface area contributed by atoms with Crippen LogP contribution in [0.5, 0.6) is 0 Å². The van der Waals surface area contributed by atoms with Crippen LogP contribution in [0.25, 0.3) is 0 Å². The van der Waals surface area contributed by atoms with Crippen molar-refractivity contribution >= 4 is 17.7 Å². The summed E-state index contributed by atoms with van der Waals surface area (Å²) < 4.78 is 4.73. The number of carbonyl (C=O) groups is 1. The standard InChI is InChI=1S/C9H17NO2S/c1-12-9(11)8(5-10)7-3-2-4-13-6-7/h7-8H,2-6,10H2,1H3. The number of hydrogen-bond acceptors (Lipinski definition) is 4. The SMILES string of the molecule is COC(=O)C(CN)C1CCCSC1. The van der Waals surface area contributed by atoms with Crippen molar-refractivity contribution in [2.45, 2.75) is 12.8 Å². The monoisotopic (exact) mass is 203 g/mol. The van der Waals surface area contributed by atoms with Crippen LogP contribution in [0.4, 0.5) is 0 Å². The smallest absolute Gasteiger partial charge is 0.310 e. The second kappa shape index (κ2) is 5.50. The summed E-state index contributed by atoms with van der Waals surface area (Å²) in [5.74, 6) is 2.47. The number of ether oxygens (including phenoxy) is 1. The molecule has 0 radical (unpaired) electrons. The van der Waals surface area contributed by atoms with Gasteiger partial charge in [0, 0.05) is 6.54 Å². The molecule has 0 aromatic rings. The summed E-state index contributed by atoms with van der Waals surface area (Å²) in [6.07, 6.45) is 2.31. The topological polar surface area (TPSA) is 52.3 Å². The molecular formula is C9H17NO2S. The second-order valence-corrected chi connectivity index (χ2v) is 4.49. The molecule has 1 aliphatic heterocycles. The highest BCUT2D eigenvalue weighted by Crippen LogP contribution is 2.28. The zero-order valence-electron chi connectivity index (χ0n) is 7.99. The van der Waals surface area contributed by atoms with E-state index in [0.717, 1.165) is 12.2 Å². The molecule has 0 amide bonds. The Morgan fingerprint density at radius 2 is 2.54 bits per heavy atom. The molecule has 0 bridgehead atoms. The third kappa shape index (κ3) is 2.88. The molecule has 1 heterocycles. The Morgan fingerprint density at radius 3 is 3.00 bits per heavy atom. The van der Waals surface area contributed by atoms with Gasteiger partial charge in [-0.05, 0) is 30.3 Å². The number of hydrogen-bond donors (Lipinski definition) is 1. The van der Waals surface area contributed by atoms with Crippen LogP contribution in [0, 0.1) is 11.8 Å². The van der Waals surface area contributed by atoms with Gasteiger partial charge in [0.2, 0.25) is 0 Å². The Balaban J connectivity index is 2.48. The zero-order valence-corrected chi connectivity index (χ0v) is 8.81. The van der Waals surface area contributed by atoms with E-state index in [9.17, 15) is 4.79 Å². The first-order valence-electron chi connectivity index (χ1n) is 4.65. The van der Waals surface area contributed by atoms with E-state index in [1.54, 1.807) is 0 Å². The lowest BCUT2D eigenvalue weighted by molar-refractivity contribution is -0.146. The van der Waals surface area contributed by atoms with E-state index in [1.165, 1.54) is 19.3 Å². The molecule has 13 heavy (non-hydrogen) atoms. The fraction of sp³-hybridized carbons (Fsp3) is 0.889. The first-order valence-corrected chi connectivity index (χ1v) is 5.80. The van der Waals surface area contributed by atoms with Crippen LogP contribution >= 0.6 is 11.8 Å². The maximum absolute atomic E-state index is 11.3. The van der Waals surface area contributed by atoms with E-state index in [1.807, 2.05) is 11.8 Å². The van der Waals surface area contributed by atoms with Gasteiger partial charge in [0.15, 0.2) is 0 Å². The molecule has 1 fully saturated rings. The lowest BCUT2D eigenvalue weighted by Crippen LogP contribution is -2.34. The minimum atomic E-state index is -0.144. The molecule has 0 aliphatic carbocycles. The van der Waals surface area contributed by atoms with Gasteiger partial charge in [0.05, 0.1) is 13.0 Å². The van der Waals surface area contributed by atoms with E-state index in [4.69, 9.17) is 10.5 Å². The molecule has 2 unspecified atom stereocenters. The van der Waals surface area contributed by atoms with Crippen LogP contribution in [0.1, 0.15) is 12.8 Å². The van der Waals surface area contributed by atoms with Crippen LogP contribution in [0.2, 0.25) is 0 Å². The lowest BCUT2D eigenvalue weighted by atomic mass is 9.90. The molecule has 3 nitrogen and oxygen atoms in total. The number of esters is 1. The molecule has 4 heteroatoms. The largest absolute Gasteiger partial charge is 0.469 e. The maximum Gasteiger partial charge on any atom is 0.310 e. The minimum absolute atomic E-state index is 0.0854. The average Bonchev–Trinajstić information content (AvgIpc) is 2.20. The first-order chi connectivity index (χ1) is 6.29. The molecule has 2 N–H and O–H groups in total. The Labute approximate surface area is 83.4 Å². The summed E-state index contributed by atoms with van der Waals surface area (Å²) in [4.78, 5) is 11.3. The summed E-state index contributed by atoms with van der Waals surface area (Å²) in [5, 5.41) is 0. The maximum atomic E-state index is 11.3. The van der Waals surface area contributed by atoms with Gasteiger partial charge in [0.25, 0.3) is 0 Å². The van der Waals surface area contributed by atoms with Crippen molar-refractivity contribution in [2.24, 2.45) is 17.6 Å². The zero-order chi connectivity index (χ0) is 9.68. The van der Waals surface area contributed by atoms with Gasteiger partial charge in [-0.15, -0.1) is 0 Å². The third-order valence-electron chi connectivity index (χ3n) is 2.52. The predicted molar refractivity (Wildman–Crippen MR) is 54.6 cm³/mol. The number of carbonyl (C=O) groups excluding carboxylic acids is 1. The average molecular weight is 203 g/mol. The van der Waals surface area contributed by atoms with Crippen molar-refractivity contribution in [1.29, 1.82) is 0 Å². The van der Waals surface area contributed by atoms with Crippen LogP contribution in [0.15, 0.2) is 0 Å². The molecule has 1 aliphatic rings. The Morgan fingerprint density at radius 1 is 1.77 bits per heavy atom. The van der Waals surface area contributed by atoms with Gasteiger partial charge in [-0.25, -0.2) is 0 Å². The van der Waals surface area contributed by atoms with Crippen LogP contribution in [-0.4, -0.2) is 31.1 Å².